The Morgan fingerprint density at radius 3 is 3.21 bits per heavy atom. The smallest absolute Gasteiger partial charge is 0.263 e. The van der Waals surface area contributed by atoms with Crippen molar-refractivity contribution in [2.75, 3.05) is 6.61 Å². The highest BCUT2D eigenvalue weighted by atomic mass is 16.7. The third-order valence-corrected chi connectivity index (χ3v) is 2.32. The lowest BCUT2D eigenvalue weighted by Crippen LogP contribution is -2.37. The molecular formula is C9H13N3O2. The average molecular weight is 195 g/mol. The van der Waals surface area contributed by atoms with Crippen LogP contribution in [0.3, 0.4) is 0 Å². The Labute approximate surface area is 82.0 Å². The molecule has 1 aromatic heterocycles. The van der Waals surface area contributed by atoms with Crippen LogP contribution in [0.4, 0.5) is 0 Å². The molecule has 0 saturated carbocycles. The van der Waals surface area contributed by atoms with Gasteiger partial charge in [-0.25, -0.2) is 5.48 Å². The van der Waals surface area contributed by atoms with Crippen LogP contribution in [0.15, 0.2) is 18.3 Å². The molecule has 0 aromatic carbocycles. The second-order valence-corrected chi connectivity index (χ2v) is 3.32. The van der Waals surface area contributed by atoms with Crippen molar-refractivity contribution in [2.24, 2.45) is 7.05 Å². The number of carbonyl (C=O) groups excluding carboxylic acids is 1. The summed E-state index contributed by atoms with van der Waals surface area (Å²) in [6.07, 6.45) is 1.97. The second-order valence-electron chi connectivity index (χ2n) is 3.32. The average Bonchev–Trinajstić information content (AvgIpc) is 2.72. The first-order chi connectivity index (χ1) is 6.77. The van der Waals surface area contributed by atoms with Crippen LogP contribution in [-0.4, -0.2) is 23.1 Å². The minimum atomic E-state index is -0.232. The highest BCUT2D eigenvalue weighted by Gasteiger charge is 2.24. The van der Waals surface area contributed by atoms with Gasteiger partial charge < -0.3 is 4.57 Å². The summed E-state index contributed by atoms with van der Waals surface area (Å²) in [5, 5.41) is 3.12. The zero-order valence-electron chi connectivity index (χ0n) is 7.99. The molecule has 1 aromatic rings. The number of hydrogen-bond acceptors (Lipinski definition) is 3. The Balaban J connectivity index is 1.88. The second kappa shape index (κ2) is 3.81. The lowest BCUT2D eigenvalue weighted by molar-refractivity contribution is -0.125. The molecule has 14 heavy (non-hydrogen) atoms. The van der Waals surface area contributed by atoms with Crippen molar-refractivity contribution in [3.63, 3.8) is 0 Å². The Morgan fingerprint density at radius 1 is 1.79 bits per heavy atom. The van der Waals surface area contributed by atoms with Crippen molar-refractivity contribution in [2.45, 2.75) is 12.6 Å². The van der Waals surface area contributed by atoms with Gasteiger partial charge in [0.05, 0.1) is 6.61 Å². The van der Waals surface area contributed by atoms with E-state index in [4.69, 9.17) is 4.84 Å². The monoisotopic (exact) mass is 195 g/mol. The highest BCUT2D eigenvalue weighted by molar-refractivity contribution is 5.82. The predicted octanol–water partition coefficient (Wildman–Crippen LogP) is -0.455. The van der Waals surface area contributed by atoms with Gasteiger partial charge in [0.15, 0.2) is 0 Å². The number of hydroxylamine groups is 1. The normalized spacial score (nSPS) is 21.2. The zero-order chi connectivity index (χ0) is 9.97. The number of carbonyl (C=O) groups is 1. The summed E-state index contributed by atoms with van der Waals surface area (Å²) in [6.45, 7) is 1.06. The van der Waals surface area contributed by atoms with Gasteiger partial charge in [0.1, 0.15) is 6.04 Å². The molecule has 5 nitrogen and oxygen atoms in total. The lowest BCUT2D eigenvalue weighted by atomic mass is 10.3. The molecule has 0 aliphatic carbocycles. The van der Waals surface area contributed by atoms with Gasteiger partial charge in [-0.1, -0.05) is 0 Å². The van der Waals surface area contributed by atoms with Crippen LogP contribution in [0, 0.1) is 0 Å². The van der Waals surface area contributed by atoms with E-state index in [1.54, 1.807) is 0 Å². The van der Waals surface area contributed by atoms with Crippen molar-refractivity contribution in [1.29, 1.82) is 0 Å². The van der Waals surface area contributed by atoms with Gasteiger partial charge in [-0.3, -0.25) is 14.9 Å². The first-order valence-corrected chi connectivity index (χ1v) is 4.52. The van der Waals surface area contributed by atoms with Gasteiger partial charge in [-0.05, 0) is 12.1 Å². The number of aryl methyl sites for hydroxylation is 1. The number of nitrogens with one attached hydrogen (secondary N) is 2. The first kappa shape index (κ1) is 9.23. The van der Waals surface area contributed by atoms with Crippen LogP contribution < -0.4 is 10.8 Å². The van der Waals surface area contributed by atoms with Crippen LogP contribution in [-0.2, 0) is 23.2 Å². The van der Waals surface area contributed by atoms with Gasteiger partial charge in [0.2, 0.25) is 0 Å². The number of aromatic nitrogens is 1. The molecule has 2 rings (SSSR count). The summed E-state index contributed by atoms with van der Waals surface area (Å²) in [7, 11) is 1.97. The van der Waals surface area contributed by atoms with E-state index in [1.807, 2.05) is 29.9 Å². The summed E-state index contributed by atoms with van der Waals surface area (Å²) in [6, 6.07) is 3.76. The Morgan fingerprint density at radius 2 is 2.64 bits per heavy atom. The van der Waals surface area contributed by atoms with Crippen LogP contribution in [0.5, 0.6) is 0 Å². The van der Waals surface area contributed by atoms with Crippen molar-refractivity contribution < 1.29 is 9.63 Å². The Bertz CT molecular complexity index is 335. The number of rotatable bonds is 3. The fourth-order valence-electron chi connectivity index (χ4n) is 1.40. The van der Waals surface area contributed by atoms with E-state index in [0.29, 0.717) is 13.2 Å². The molecule has 1 saturated heterocycles. The van der Waals surface area contributed by atoms with E-state index in [2.05, 4.69) is 10.8 Å². The van der Waals surface area contributed by atoms with E-state index in [-0.39, 0.29) is 11.9 Å². The minimum absolute atomic E-state index is 0.0980. The van der Waals surface area contributed by atoms with Crippen molar-refractivity contribution >= 4 is 5.91 Å². The summed E-state index contributed by atoms with van der Waals surface area (Å²) < 4.78 is 2.01. The SMILES string of the molecule is Cn1cccc1CNC1CONC1=O. The van der Waals surface area contributed by atoms with Crippen molar-refractivity contribution in [3.8, 4) is 0 Å². The molecule has 0 spiro atoms. The zero-order valence-corrected chi connectivity index (χ0v) is 7.99. The topological polar surface area (TPSA) is 55.3 Å². The summed E-state index contributed by atoms with van der Waals surface area (Å²) >= 11 is 0. The maximum Gasteiger partial charge on any atom is 0.263 e. The van der Waals surface area contributed by atoms with E-state index < -0.39 is 0 Å². The summed E-state index contributed by atoms with van der Waals surface area (Å²) in [5.41, 5.74) is 3.45. The maximum absolute atomic E-state index is 11.1. The molecule has 0 bridgehead atoms. The van der Waals surface area contributed by atoms with Gasteiger partial charge in [-0.15, -0.1) is 0 Å². The molecule has 1 amide bonds. The standard InChI is InChI=1S/C9H13N3O2/c1-12-4-2-3-7(12)5-10-8-6-14-11-9(8)13/h2-4,8,10H,5-6H2,1H3,(H,11,13). The quantitative estimate of drug-likeness (QED) is 0.686. The maximum atomic E-state index is 11.1. The molecule has 0 radical (unpaired) electrons. The van der Waals surface area contributed by atoms with Crippen LogP contribution in [0.25, 0.3) is 0 Å². The molecule has 5 heteroatoms. The molecule has 1 fully saturated rings. The largest absolute Gasteiger partial charge is 0.353 e. The van der Waals surface area contributed by atoms with Crippen molar-refractivity contribution in [1.82, 2.24) is 15.4 Å². The van der Waals surface area contributed by atoms with Gasteiger partial charge in [0.25, 0.3) is 5.91 Å². The lowest BCUT2D eigenvalue weighted by Gasteiger charge is -2.08. The van der Waals surface area contributed by atoms with E-state index in [1.165, 1.54) is 0 Å². The fourth-order valence-corrected chi connectivity index (χ4v) is 1.40. The Hall–Kier alpha value is -1.33. The Kier molecular flexibility index (Phi) is 2.51. The molecule has 2 N–H and O–H groups in total. The third-order valence-electron chi connectivity index (χ3n) is 2.32. The van der Waals surface area contributed by atoms with Gasteiger partial charge >= 0.3 is 0 Å². The number of hydrogen-bond donors (Lipinski definition) is 2. The van der Waals surface area contributed by atoms with Crippen LogP contribution in [0.1, 0.15) is 5.69 Å². The van der Waals surface area contributed by atoms with Crippen LogP contribution in [0.2, 0.25) is 0 Å². The summed E-state index contributed by atoms with van der Waals surface area (Å²) in [4.78, 5) is 15.9. The van der Waals surface area contributed by atoms with E-state index in [0.717, 1.165) is 5.69 Å². The van der Waals surface area contributed by atoms with E-state index in [9.17, 15) is 4.79 Å². The fraction of sp³-hybridized carbons (Fsp3) is 0.444. The first-order valence-electron chi connectivity index (χ1n) is 4.52. The molecule has 1 aliphatic heterocycles. The molecular weight excluding hydrogens is 182 g/mol. The van der Waals surface area contributed by atoms with E-state index >= 15 is 0 Å². The molecule has 76 valence electrons. The molecule has 1 aliphatic rings. The molecule has 1 atom stereocenters. The number of nitrogens with zero attached hydrogens (tertiary/aromatic N) is 1. The van der Waals surface area contributed by atoms with Crippen LogP contribution >= 0.6 is 0 Å². The van der Waals surface area contributed by atoms with Gasteiger partial charge in [0, 0.05) is 25.5 Å². The number of amides is 1. The molecule has 1 unspecified atom stereocenters. The van der Waals surface area contributed by atoms with Crippen molar-refractivity contribution in [3.05, 3.63) is 24.0 Å². The van der Waals surface area contributed by atoms with Gasteiger partial charge in [-0.2, -0.15) is 0 Å². The predicted molar refractivity (Wildman–Crippen MR) is 50.1 cm³/mol. The summed E-state index contributed by atoms with van der Waals surface area (Å²) in [5.74, 6) is -0.0980. The highest BCUT2D eigenvalue weighted by Crippen LogP contribution is 2.01. The third kappa shape index (κ3) is 1.78. The molecule has 2 heterocycles. The minimum Gasteiger partial charge on any atom is -0.353 e.